The fourth-order valence-electron chi connectivity index (χ4n) is 1.27. The van der Waals surface area contributed by atoms with E-state index in [1.807, 2.05) is 0 Å². The number of alkyl halides is 3. The SMILES string of the molecule is CC(C)c1c(C(F)(F)F)nn(C)c1O. The highest BCUT2D eigenvalue weighted by molar-refractivity contribution is 5.35. The smallest absolute Gasteiger partial charge is 0.435 e. The third-order valence-electron chi connectivity index (χ3n) is 1.90. The van der Waals surface area contributed by atoms with Gasteiger partial charge in [-0.15, -0.1) is 0 Å². The zero-order valence-corrected chi connectivity index (χ0v) is 8.05. The van der Waals surface area contributed by atoms with Crippen molar-refractivity contribution in [2.45, 2.75) is 25.9 Å². The quantitative estimate of drug-likeness (QED) is 0.768. The van der Waals surface area contributed by atoms with Crippen molar-refractivity contribution in [2.75, 3.05) is 0 Å². The van der Waals surface area contributed by atoms with E-state index in [-0.39, 0.29) is 5.56 Å². The van der Waals surface area contributed by atoms with Gasteiger partial charge in [0.2, 0.25) is 5.88 Å². The van der Waals surface area contributed by atoms with Crippen LogP contribution in [0.4, 0.5) is 13.2 Å². The van der Waals surface area contributed by atoms with Crippen molar-refractivity contribution in [1.82, 2.24) is 9.78 Å². The molecule has 0 amide bonds. The van der Waals surface area contributed by atoms with Gasteiger partial charge in [0, 0.05) is 12.6 Å². The zero-order valence-electron chi connectivity index (χ0n) is 8.05. The van der Waals surface area contributed by atoms with E-state index in [2.05, 4.69) is 5.10 Å². The van der Waals surface area contributed by atoms with Gasteiger partial charge in [0.1, 0.15) is 0 Å². The molecule has 1 heterocycles. The standard InChI is InChI=1S/C8H11F3N2O/c1-4(2)5-6(8(9,10)11)12-13(3)7(5)14/h4,14H,1-3H3. The molecule has 1 N–H and O–H groups in total. The number of nitrogens with zero attached hydrogens (tertiary/aromatic N) is 2. The molecule has 0 saturated heterocycles. The molecular formula is C8H11F3N2O. The Balaban J connectivity index is 3.37. The third kappa shape index (κ3) is 1.69. The van der Waals surface area contributed by atoms with E-state index >= 15 is 0 Å². The molecule has 1 rings (SSSR count). The highest BCUT2D eigenvalue weighted by Gasteiger charge is 2.39. The summed E-state index contributed by atoms with van der Waals surface area (Å²) in [5, 5.41) is 12.6. The van der Waals surface area contributed by atoms with E-state index in [1.165, 1.54) is 7.05 Å². The number of aromatic hydroxyl groups is 1. The van der Waals surface area contributed by atoms with E-state index in [0.29, 0.717) is 0 Å². The summed E-state index contributed by atoms with van der Waals surface area (Å²) in [6, 6.07) is 0. The van der Waals surface area contributed by atoms with Crippen LogP contribution in [-0.2, 0) is 13.2 Å². The molecule has 3 nitrogen and oxygen atoms in total. The number of halogens is 3. The minimum absolute atomic E-state index is 0.153. The molecule has 80 valence electrons. The van der Waals surface area contributed by atoms with Crippen LogP contribution in [-0.4, -0.2) is 14.9 Å². The Hall–Kier alpha value is -1.20. The average molecular weight is 208 g/mol. The van der Waals surface area contributed by atoms with Crippen molar-refractivity contribution in [1.29, 1.82) is 0 Å². The fraction of sp³-hybridized carbons (Fsp3) is 0.625. The van der Waals surface area contributed by atoms with Crippen LogP contribution in [0.3, 0.4) is 0 Å². The second-order valence-electron chi connectivity index (χ2n) is 3.36. The summed E-state index contributed by atoms with van der Waals surface area (Å²) < 4.78 is 38.1. The van der Waals surface area contributed by atoms with Crippen molar-refractivity contribution < 1.29 is 18.3 Å². The predicted molar refractivity (Wildman–Crippen MR) is 44.0 cm³/mol. The molecule has 14 heavy (non-hydrogen) atoms. The summed E-state index contributed by atoms with van der Waals surface area (Å²) in [4.78, 5) is 0. The van der Waals surface area contributed by atoms with Gasteiger partial charge in [-0.25, -0.2) is 4.68 Å². The zero-order chi connectivity index (χ0) is 11.1. The molecule has 0 saturated carbocycles. The molecule has 0 atom stereocenters. The van der Waals surface area contributed by atoms with E-state index in [1.54, 1.807) is 13.8 Å². The Kier molecular flexibility index (Phi) is 2.47. The Morgan fingerprint density at radius 2 is 1.86 bits per heavy atom. The molecule has 0 aliphatic heterocycles. The molecule has 0 spiro atoms. The summed E-state index contributed by atoms with van der Waals surface area (Å²) in [7, 11) is 1.27. The first-order valence-corrected chi connectivity index (χ1v) is 4.08. The monoisotopic (exact) mass is 208 g/mol. The number of aryl methyl sites for hydroxylation is 1. The van der Waals surface area contributed by atoms with Gasteiger partial charge in [-0.3, -0.25) is 0 Å². The lowest BCUT2D eigenvalue weighted by atomic mass is 10.0. The second-order valence-corrected chi connectivity index (χ2v) is 3.36. The van der Waals surface area contributed by atoms with Crippen molar-refractivity contribution in [3.8, 4) is 5.88 Å². The van der Waals surface area contributed by atoms with Crippen molar-refractivity contribution >= 4 is 0 Å². The minimum atomic E-state index is -4.52. The Morgan fingerprint density at radius 1 is 1.36 bits per heavy atom. The predicted octanol–water partition coefficient (Wildman–Crippen LogP) is 2.27. The maximum atomic E-state index is 12.4. The molecule has 0 aliphatic carbocycles. The van der Waals surface area contributed by atoms with Crippen LogP contribution in [0, 0.1) is 0 Å². The molecule has 1 aromatic heterocycles. The number of rotatable bonds is 1. The summed E-state index contributed by atoms with van der Waals surface area (Å²) in [6.45, 7) is 3.15. The summed E-state index contributed by atoms with van der Waals surface area (Å²) in [5.74, 6) is -0.840. The van der Waals surface area contributed by atoms with Gasteiger partial charge in [0.05, 0.1) is 0 Å². The Morgan fingerprint density at radius 3 is 2.14 bits per heavy atom. The van der Waals surface area contributed by atoms with Gasteiger partial charge in [-0.2, -0.15) is 18.3 Å². The lowest BCUT2D eigenvalue weighted by molar-refractivity contribution is -0.142. The molecule has 0 aromatic carbocycles. The topological polar surface area (TPSA) is 38.0 Å². The number of hydrogen-bond donors (Lipinski definition) is 1. The van der Waals surface area contributed by atoms with Gasteiger partial charge >= 0.3 is 6.18 Å². The van der Waals surface area contributed by atoms with Gasteiger partial charge in [-0.1, -0.05) is 13.8 Å². The van der Waals surface area contributed by atoms with Crippen LogP contribution in [0.1, 0.15) is 31.0 Å². The first kappa shape index (κ1) is 10.9. The van der Waals surface area contributed by atoms with Crippen molar-refractivity contribution in [3.63, 3.8) is 0 Å². The van der Waals surface area contributed by atoms with E-state index in [9.17, 15) is 18.3 Å². The molecule has 6 heteroatoms. The van der Waals surface area contributed by atoms with Crippen molar-refractivity contribution in [3.05, 3.63) is 11.3 Å². The van der Waals surface area contributed by atoms with Crippen LogP contribution in [0.15, 0.2) is 0 Å². The van der Waals surface area contributed by atoms with Gasteiger partial charge in [0.25, 0.3) is 0 Å². The lowest BCUT2D eigenvalue weighted by Gasteiger charge is -2.08. The average Bonchev–Trinajstić information content (AvgIpc) is 2.27. The highest BCUT2D eigenvalue weighted by atomic mass is 19.4. The van der Waals surface area contributed by atoms with E-state index < -0.39 is 23.7 Å². The van der Waals surface area contributed by atoms with Crippen molar-refractivity contribution in [2.24, 2.45) is 7.05 Å². The first-order chi connectivity index (χ1) is 6.25. The Labute approximate surface area is 79.2 Å². The van der Waals surface area contributed by atoms with Crippen LogP contribution in [0.2, 0.25) is 0 Å². The molecule has 1 aromatic rings. The highest BCUT2D eigenvalue weighted by Crippen LogP contribution is 2.38. The summed E-state index contributed by atoms with van der Waals surface area (Å²) in [6.07, 6.45) is -4.52. The molecule has 0 unspecified atom stereocenters. The largest absolute Gasteiger partial charge is 0.493 e. The summed E-state index contributed by atoms with van der Waals surface area (Å²) in [5.41, 5.74) is -1.16. The molecule has 0 aliphatic rings. The minimum Gasteiger partial charge on any atom is -0.493 e. The van der Waals surface area contributed by atoms with Gasteiger partial charge in [-0.05, 0) is 5.92 Å². The normalized spacial score (nSPS) is 12.5. The lowest BCUT2D eigenvalue weighted by Crippen LogP contribution is -2.10. The maximum Gasteiger partial charge on any atom is 0.435 e. The number of aromatic nitrogens is 2. The van der Waals surface area contributed by atoms with E-state index in [4.69, 9.17) is 0 Å². The molecule has 0 fully saturated rings. The molecular weight excluding hydrogens is 197 g/mol. The van der Waals surface area contributed by atoms with Crippen LogP contribution >= 0.6 is 0 Å². The Bertz CT molecular complexity index is 341. The fourth-order valence-corrected chi connectivity index (χ4v) is 1.27. The summed E-state index contributed by atoms with van der Waals surface area (Å²) >= 11 is 0. The van der Waals surface area contributed by atoms with Crippen LogP contribution < -0.4 is 0 Å². The second kappa shape index (κ2) is 3.18. The maximum absolute atomic E-state index is 12.4. The van der Waals surface area contributed by atoms with Crippen LogP contribution in [0.5, 0.6) is 5.88 Å². The molecule has 0 bridgehead atoms. The van der Waals surface area contributed by atoms with E-state index in [0.717, 1.165) is 4.68 Å². The number of hydrogen-bond acceptors (Lipinski definition) is 2. The van der Waals surface area contributed by atoms with Crippen LogP contribution in [0.25, 0.3) is 0 Å². The van der Waals surface area contributed by atoms with Gasteiger partial charge in [0.15, 0.2) is 5.69 Å². The van der Waals surface area contributed by atoms with Gasteiger partial charge < -0.3 is 5.11 Å². The first-order valence-electron chi connectivity index (χ1n) is 4.08. The third-order valence-corrected chi connectivity index (χ3v) is 1.90. The molecule has 0 radical (unpaired) electrons.